The van der Waals surface area contributed by atoms with Crippen LogP contribution in [-0.4, -0.2) is 46.8 Å². The Morgan fingerprint density at radius 3 is 2.37 bits per heavy atom. The van der Waals surface area contributed by atoms with Crippen molar-refractivity contribution < 1.29 is 0 Å². The number of likely N-dealkylation sites (N-methyl/N-ethyl adjacent to an activating group) is 1. The minimum atomic E-state index is 0.569. The normalized spacial score (nSPS) is 16.7. The highest BCUT2D eigenvalue weighted by Gasteiger charge is 2.32. The first-order valence-corrected chi connectivity index (χ1v) is 7.28. The predicted molar refractivity (Wildman–Crippen MR) is 77.3 cm³/mol. The quantitative estimate of drug-likeness (QED) is 0.812. The SMILES string of the molecule is CCc1nnc(NCC(C2CC2)N(C)C)nc1CC. The van der Waals surface area contributed by atoms with Crippen molar-refractivity contribution in [3.63, 3.8) is 0 Å². The minimum absolute atomic E-state index is 0.569. The maximum absolute atomic E-state index is 4.57. The summed E-state index contributed by atoms with van der Waals surface area (Å²) in [5, 5.41) is 11.8. The lowest BCUT2D eigenvalue weighted by Crippen LogP contribution is -2.36. The lowest BCUT2D eigenvalue weighted by atomic mass is 10.1. The van der Waals surface area contributed by atoms with Gasteiger partial charge in [0.15, 0.2) is 0 Å². The average molecular weight is 263 g/mol. The number of nitrogens with one attached hydrogen (secondary N) is 1. The number of rotatable bonds is 7. The summed E-state index contributed by atoms with van der Waals surface area (Å²) in [6.07, 6.45) is 4.50. The van der Waals surface area contributed by atoms with Crippen LogP contribution in [-0.2, 0) is 12.8 Å². The fraction of sp³-hybridized carbons (Fsp3) is 0.786. The van der Waals surface area contributed by atoms with Gasteiger partial charge in [-0.05, 0) is 45.7 Å². The third-order valence-electron chi connectivity index (χ3n) is 3.81. The van der Waals surface area contributed by atoms with E-state index in [1.54, 1.807) is 0 Å². The van der Waals surface area contributed by atoms with Crippen LogP contribution in [0.15, 0.2) is 0 Å². The standard InChI is InChI=1S/C14H25N5/c1-5-11-12(6-2)17-18-14(16-11)15-9-13(19(3)4)10-7-8-10/h10,13H,5-9H2,1-4H3,(H,15,16,18). The Hall–Kier alpha value is -1.23. The monoisotopic (exact) mass is 263 g/mol. The van der Waals surface area contributed by atoms with E-state index in [-0.39, 0.29) is 0 Å². The van der Waals surface area contributed by atoms with Gasteiger partial charge >= 0.3 is 0 Å². The van der Waals surface area contributed by atoms with Gasteiger partial charge in [-0.1, -0.05) is 13.8 Å². The smallest absolute Gasteiger partial charge is 0.243 e. The highest BCUT2D eigenvalue weighted by molar-refractivity contribution is 5.26. The molecule has 19 heavy (non-hydrogen) atoms. The molecule has 0 aliphatic heterocycles. The van der Waals surface area contributed by atoms with Crippen LogP contribution in [0.2, 0.25) is 0 Å². The summed E-state index contributed by atoms with van der Waals surface area (Å²) in [6, 6.07) is 0.569. The Balaban J connectivity index is 1.98. The second-order valence-electron chi connectivity index (χ2n) is 5.49. The molecule has 1 aliphatic rings. The van der Waals surface area contributed by atoms with Crippen molar-refractivity contribution in [3.8, 4) is 0 Å². The Bertz CT molecular complexity index is 412. The molecule has 5 heteroatoms. The molecule has 1 fully saturated rings. The number of hydrogen-bond acceptors (Lipinski definition) is 5. The molecule has 1 unspecified atom stereocenters. The average Bonchev–Trinajstić information content (AvgIpc) is 3.23. The van der Waals surface area contributed by atoms with Crippen molar-refractivity contribution in [2.24, 2.45) is 5.92 Å². The summed E-state index contributed by atoms with van der Waals surface area (Å²) in [5.41, 5.74) is 2.08. The summed E-state index contributed by atoms with van der Waals surface area (Å²) in [7, 11) is 4.28. The van der Waals surface area contributed by atoms with Gasteiger partial charge in [0.05, 0.1) is 11.4 Å². The van der Waals surface area contributed by atoms with Crippen molar-refractivity contribution in [2.75, 3.05) is 26.0 Å². The molecule has 0 radical (unpaired) electrons. The second kappa shape index (κ2) is 6.28. The first-order chi connectivity index (χ1) is 9.15. The van der Waals surface area contributed by atoms with Crippen LogP contribution in [0.4, 0.5) is 5.95 Å². The number of aromatic nitrogens is 3. The predicted octanol–water partition coefficient (Wildman–Crippen LogP) is 1.75. The van der Waals surface area contributed by atoms with E-state index in [1.165, 1.54) is 12.8 Å². The molecule has 2 rings (SSSR count). The van der Waals surface area contributed by atoms with E-state index >= 15 is 0 Å². The van der Waals surface area contributed by atoms with Gasteiger partial charge < -0.3 is 10.2 Å². The van der Waals surface area contributed by atoms with Crippen LogP contribution < -0.4 is 5.32 Å². The van der Waals surface area contributed by atoms with Crippen molar-refractivity contribution in [1.82, 2.24) is 20.1 Å². The molecule has 0 saturated heterocycles. The largest absolute Gasteiger partial charge is 0.351 e. The summed E-state index contributed by atoms with van der Waals surface area (Å²) in [6.45, 7) is 5.10. The molecule has 0 aromatic carbocycles. The van der Waals surface area contributed by atoms with E-state index in [1.807, 2.05) is 0 Å². The van der Waals surface area contributed by atoms with Crippen molar-refractivity contribution in [2.45, 2.75) is 45.6 Å². The Morgan fingerprint density at radius 1 is 1.16 bits per heavy atom. The molecule has 5 nitrogen and oxygen atoms in total. The zero-order valence-corrected chi connectivity index (χ0v) is 12.5. The fourth-order valence-electron chi connectivity index (χ4n) is 2.46. The Labute approximate surface area is 115 Å². The molecule has 1 aromatic heterocycles. The van der Waals surface area contributed by atoms with Crippen molar-refractivity contribution in [3.05, 3.63) is 11.4 Å². The van der Waals surface area contributed by atoms with Gasteiger partial charge in [-0.3, -0.25) is 0 Å². The van der Waals surface area contributed by atoms with E-state index in [9.17, 15) is 0 Å². The molecular weight excluding hydrogens is 238 g/mol. The van der Waals surface area contributed by atoms with Gasteiger partial charge in [0.2, 0.25) is 5.95 Å². The molecule has 1 aromatic rings. The molecule has 1 N–H and O–H groups in total. The van der Waals surface area contributed by atoms with Crippen molar-refractivity contribution >= 4 is 5.95 Å². The van der Waals surface area contributed by atoms with Crippen LogP contribution in [0.5, 0.6) is 0 Å². The van der Waals surface area contributed by atoms with E-state index in [0.717, 1.165) is 36.7 Å². The van der Waals surface area contributed by atoms with Gasteiger partial charge in [-0.25, -0.2) is 4.98 Å². The molecule has 106 valence electrons. The fourth-order valence-corrected chi connectivity index (χ4v) is 2.46. The summed E-state index contributed by atoms with van der Waals surface area (Å²) in [4.78, 5) is 6.86. The summed E-state index contributed by atoms with van der Waals surface area (Å²) < 4.78 is 0. The van der Waals surface area contributed by atoms with E-state index < -0.39 is 0 Å². The first-order valence-electron chi connectivity index (χ1n) is 7.28. The molecule has 0 spiro atoms. The molecule has 1 heterocycles. The van der Waals surface area contributed by atoms with Gasteiger partial charge in [-0.2, -0.15) is 5.10 Å². The lowest BCUT2D eigenvalue weighted by Gasteiger charge is -2.24. The maximum atomic E-state index is 4.57. The van der Waals surface area contributed by atoms with Gasteiger partial charge in [0, 0.05) is 12.6 Å². The molecular formula is C14H25N5. The van der Waals surface area contributed by atoms with Crippen LogP contribution in [0, 0.1) is 5.92 Å². The second-order valence-corrected chi connectivity index (χ2v) is 5.49. The van der Waals surface area contributed by atoms with Crippen LogP contribution in [0.1, 0.15) is 38.1 Å². The molecule has 1 saturated carbocycles. The molecule has 1 atom stereocenters. The Kier molecular flexibility index (Phi) is 4.69. The van der Waals surface area contributed by atoms with Gasteiger partial charge in [-0.15, -0.1) is 5.10 Å². The zero-order valence-electron chi connectivity index (χ0n) is 12.5. The Morgan fingerprint density at radius 2 is 1.84 bits per heavy atom. The first kappa shape index (κ1) is 14.2. The van der Waals surface area contributed by atoms with Gasteiger partial charge in [0.1, 0.15) is 0 Å². The lowest BCUT2D eigenvalue weighted by molar-refractivity contribution is 0.276. The van der Waals surface area contributed by atoms with E-state index in [2.05, 4.69) is 53.3 Å². The number of anilines is 1. The maximum Gasteiger partial charge on any atom is 0.243 e. The highest BCUT2D eigenvalue weighted by atomic mass is 15.3. The van der Waals surface area contributed by atoms with E-state index in [4.69, 9.17) is 0 Å². The molecule has 0 amide bonds. The number of aryl methyl sites for hydroxylation is 2. The number of hydrogen-bond donors (Lipinski definition) is 1. The van der Waals surface area contributed by atoms with Crippen LogP contribution in [0.3, 0.4) is 0 Å². The molecule has 0 bridgehead atoms. The van der Waals surface area contributed by atoms with Gasteiger partial charge in [0.25, 0.3) is 0 Å². The zero-order chi connectivity index (χ0) is 13.8. The topological polar surface area (TPSA) is 53.9 Å². The molecule has 1 aliphatic carbocycles. The number of nitrogens with zero attached hydrogens (tertiary/aromatic N) is 4. The van der Waals surface area contributed by atoms with Crippen molar-refractivity contribution in [1.29, 1.82) is 0 Å². The highest BCUT2D eigenvalue weighted by Crippen LogP contribution is 2.34. The van der Waals surface area contributed by atoms with Crippen LogP contribution >= 0.6 is 0 Å². The third kappa shape index (κ3) is 3.62. The van der Waals surface area contributed by atoms with E-state index in [0.29, 0.717) is 12.0 Å². The minimum Gasteiger partial charge on any atom is -0.351 e. The summed E-state index contributed by atoms with van der Waals surface area (Å²) >= 11 is 0. The van der Waals surface area contributed by atoms with Crippen LogP contribution in [0.25, 0.3) is 0 Å². The summed E-state index contributed by atoms with van der Waals surface area (Å²) in [5.74, 6) is 1.50. The third-order valence-corrected chi connectivity index (χ3v) is 3.81.